The van der Waals surface area contributed by atoms with Crippen molar-refractivity contribution in [2.75, 3.05) is 12.4 Å². The number of hydrogen-bond donors (Lipinski definition) is 2. The Hall–Kier alpha value is -2.34. The molecule has 6 heteroatoms. The van der Waals surface area contributed by atoms with Crippen molar-refractivity contribution in [3.63, 3.8) is 0 Å². The molecule has 0 radical (unpaired) electrons. The van der Waals surface area contributed by atoms with Crippen molar-refractivity contribution in [1.82, 2.24) is 0 Å². The van der Waals surface area contributed by atoms with E-state index in [2.05, 4.69) is 21.2 Å². The van der Waals surface area contributed by atoms with Crippen LogP contribution in [0.1, 0.15) is 15.9 Å². The van der Waals surface area contributed by atoms with Gasteiger partial charge in [0.2, 0.25) is 5.91 Å². The van der Waals surface area contributed by atoms with E-state index in [1.165, 1.54) is 7.11 Å². The fourth-order valence-corrected chi connectivity index (χ4v) is 2.41. The van der Waals surface area contributed by atoms with E-state index in [-0.39, 0.29) is 12.3 Å². The minimum absolute atomic E-state index is 0.0652. The maximum atomic E-state index is 12.4. The van der Waals surface area contributed by atoms with Gasteiger partial charge in [-0.2, -0.15) is 0 Å². The Kier molecular flexibility index (Phi) is 5.16. The molecule has 0 saturated carbocycles. The first-order valence-electron chi connectivity index (χ1n) is 6.52. The zero-order chi connectivity index (χ0) is 16.1. The van der Waals surface area contributed by atoms with Gasteiger partial charge in [0.15, 0.2) is 0 Å². The molecule has 2 rings (SSSR count). The van der Waals surface area contributed by atoms with Gasteiger partial charge in [-0.1, -0.05) is 18.2 Å². The smallest absolute Gasteiger partial charge is 0.256 e. The number of carbonyl (C=O) groups excluding carboxylic acids is 2. The van der Waals surface area contributed by atoms with Crippen molar-refractivity contribution in [1.29, 1.82) is 0 Å². The Morgan fingerprint density at radius 2 is 1.95 bits per heavy atom. The summed E-state index contributed by atoms with van der Waals surface area (Å²) >= 11 is 3.34. The van der Waals surface area contributed by atoms with Gasteiger partial charge in [-0.3, -0.25) is 9.59 Å². The second-order valence-corrected chi connectivity index (χ2v) is 5.45. The number of rotatable bonds is 5. The average Bonchev–Trinajstić information content (AvgIpc) is 2.49. The summed E-state index contributed by atoms with van der Waals surface area (Å²) in [6.45, 7) is 0. The fourth-order valence-electron chi connectivity index (χ4n) is 1.98. The second kappa shape index (κ2) is 7.09. The number of halogens is 1. The van der Waals surface area contributed by atoms with Crippen LogP contribution >= 0.6 is 15.9 Å². The summed E-state index contributed by atoms with van der Waals surface area (Å²) in [6, 6.07) is 12.2. The summed E-state index contributed by atoms with van der Waals surface area (Å²) in [6.07, 6.45) is 0.0652. The van der Waals surface area contributed by atoms with E-state index >= 15 is 0 Å². The molecule has 0 fully saturated rings. The molecule has 0 heterocycles. The van der Waals surface area contributed by atoms with Crippen LogP contribution in [0.2, 0.25) is 0 Å². The van der Waals surface area contributed by atoms with Crippen LogP contribution in [-0.2, 0) is 11.2 Å². The predicted molar refractivity (Wildman–Crippen MR) is 88.0 cm³/mol. The van der Waals surface area contributed by atoms with Crippen LogP contribution in [0.5, 0.6) is 5.75 Å². The molecule has 0 bridgehead atoms. The first-order chi connectivity index (χ1) is 10.5. The highest BCUT2D eigenvalue weighted by molar-refractivity contribution is 9.10. The third-order valence-electron chi connectivity index (χ3n) is 3.05. The number of benzene rings is 2. The predicted octanol–water partition coefficient (Wildman–Crippen LogP) is 2.74. The molecular weight excluding hydrogens is 348 g/mol. The van der Waals surface area contributed by atoms with Gasteiger partial charge in [-0.15, -0.1) is 0 Å². The largest absolute Gasteiger partial charge is 0.497 e. The zero-order valence-electron chi connectivity index (χ0n) is 11.9. The van der Waals surface area contributed by atoms with Crippen LogP contribution in [0.25, 0.3) is 0 Å². The molecule has 2 amide bonds. The fraction of sp³-hybridized carbons (Fsp3) is 0.125. The summed E-state index contributed by atoms with van der Waals surface area (Å²) < 4.78 is 5.78. The van der Waals surface area contributed by atoms with Gasteiger partial charge < -0.3 is 15.8 Å². The molecule has 0 saturated heterocycles. The van der Waals surface area contributed by atoms with Crippen molar-refractivity contribution in [3.05, 3.63) is 58.1 Å². The highest BCUT2D eigenvalue weighted by Gasteiger charge is 2.14. The molecule has 0 aliphatic heterocycles. The number of amides is 2. The molecule has 3 N–H and O–H groups in total. The lowest BCUT2D eigenvalue weighted by Crippen LogP contribution is -2.18. The molecule has 22 heavy (non-hydrogen) atoms. The van der Waals surface area contributed by atoms with Crippen LogP contribution in [0.15, 0.2) is 46.9 Å². The summed E-state index contributed by atoms with van der Waals surface area (Å²) in [5, 5.41) is 2.79. The molecule has 0 aromatic heterocycles. The molecule has 114 valence electrons. The van der Waals surface area contributed by atoms with Gasteiger partial charge in [0.05, 0.1) is 19.1 Å². The van der Waals surface area contributed by atoms with E-state index < -0.39 is 5.91 Å². The van der Waals surface area contributed by atoms with Crippen LogP contribution in [0.3, 0.4) is 0 Å². The lowest BCUT2D eigenvalue weighted by atomic mass is 10.1. The van der Waals surface area contributed by atoms with Crippen molar-refractivity contribution in [2.45, 2.75) is 6.42 Å². The first-order valence-corrected chi connectivity index (χ1v) is 7.31. The SMILES string of the molecule is COc1ccc(Br)c(C(=O)Nc2ccccc2CC(N)=O)c1. The van der Waals surface area contributed by atoms with E-state index in [4.69, 9.17) is 10.5 Å². The molecule has 2 aromatic carbocycles. The molecule has 0 atom stereocenters. The average molecular weight is 363 g/mol. The minimum atomic E-state index is -0.454. The zero-order valence-corrected chi connectivity index (χ0v) is 13.5. The number of hydrogen-bond acceptors (Lipinski definition) is 3. The van der Waals surface area contributed by atoms with Crippen LogP contribution in [-0.4, -0.2) is 18.9 Å². The van der Waals surface area contributed by atoms with Crippen LogP contribution in [0.4, 0.5) is 5.69 Å². The quantitative estimate of drug-likeness (QED) is 0.857. The standard InChI is InChI=1S/C16H15BrN2O3/c1-22-11-6-7-13(17)12(9-11)16(21)19-14-5-3-2-4-10(14)8-15(18)20/h2-7,9H,8H2,1H3,(H2,18,20)(H,19,21). The Morgan fingerprint density at radius 1 is 1.23 bits per heavy atom. The van der Waals surface area contributed by atoms with E-state index in [0.29, 0.717) is 27.0 Å². The van der Waals surface area contributed by atoms with Crippen molar-refractivity contribution >= 4 is 33.4 Å². The summed E-state index contributed by atoms with van der Waals surface area (Å²) in [5.74, 6) is -0.175. The van der Waals surface area contributed by atoms with Gasteiger partial charge in [-0.25, -0.2) is 0 Å². The van der Waals surface area contributed by atoms with Gasteiger partial charge in [0, 0.05) is 10.2 Å². The number of methoxy groups -OCH3 is 1. The normalized spacial score (nSPS) is 10.1. The number of anilines is 1. The summed E-state index contributed by atoms with van der Waals surface area (Å²) in [7, 11) is 1.53. The summed E-state index contributed by atoms with van der Waals surface area (Å²) in [4.78, 5) is 23.5. The lowest BCUT2D eigenvalue weighted by Gasteiger charge is -2.11. The molecule has 0 spiro atoms. The third-order valence-corrected chi connectivity index (χ3v) is 3.74. The monoisotopic (exact) mass is 362 g/mol. The highest BCUT2D eigenvalue weighted by Crippen LogP contribution is 2.24. The van der Waals surface area contributed by atoms with Crippen molar-refractivity contribution < 1.29 is 14.3 Å². The molecule has 0 unspecified atom stereocenters. The second-order valence-electron chi connectivity index (χ2n) is 4.60. The van der Waals surface area contributed by atoms with E-state index in [9.17, 15) is 9.59 Å². The molecular formula is C16H15BrN2O3. The molecule has 5 nitrogen and oxygen atoms in total. The minimum Gasteiger partial charge on any atom is -0.497 e. The highest BCUT2D eigenvalue weighted by atomic mass is 79.9. The Labute approximate surface area is 136 Å². The van der Waals surface area contributed by atoms with Crippen molar-refractivity contribution in [2.24, 2.45) is 5.73 Å². The van der Waals surface area contributed by atoms with Gasteiger partial charge >= 0.3 is 0 Å². The Balaban J connectivity index is 2.28. The molecule has 2 aromatic rings. The number of primary amides is 1. The third kappa shape index (κ3) is 3.85. The summed E-state index contributed by atoms with van der Waals surface area (Å²) in [5.41, 5.74) is 6.89. The number of nitrogens with one attached hydrogen (secondary N) is 1. The molecule has 0 aliphatic carbocycles. The maximum Gasteiger partial charge on any atom is 0.256 e. The van der Waals surface area contributed by atoms with Crippen molar-refractivity contribution in [3.8, 4) is 5.75 Å². The Bertz CT molecular complexity index is 716. The number of ether oxygens (including phenoxy) is 1. The Morgan fingerprint density at radius 3 is 2.64 bits per heavy atom. The number of para-hydroxylation sites is 1. The maximum absolute atomic E-state index is 12.4. The number of nitrogens with two attached hydrogens (primary N) is 1. The van der Waals surface area contributed by atoms with Gasteiger partial charge in [0.1, 0.15) is 5.75 Å². The lowest BCUT2D eigenvalue weighted by molar-refractivity contribution is -0.117. The molecule has 0 aliphatic rings. The number of carbonyl (C=O) groups is 2. The van der Waals surface area contributed by atoms with Crippen LogP contribution in [0, 0.1) is 0 Å². The van der Waals surface area contributed by atoms with Crippen LogP contribution < -0.4 is 15.8 Å². The van der Waals surface area contributed by atoms with E-state index in [1.54, 1.807) is 42.5 Å². The van der Waals surface area contributed by atoms with E-state index in [1.807, 2.05) is 0 Å². The first kappa shape index (κ1) is 16.0. The topological polar surface area (TPSA) is 81.4 Å². The van der Waals surface area contributed by atoms with E-state index in [0.717, 1.165) is 0 Å². The van der Waals surface area contributed by atoms with Gasteiger partial charge in [-0.05, 0) is 45.8 Å². The van der Waals surface area contributed by atoms with Gasteiger partial charge in [0.25, 0.3) is 5.91 Å².